The van der Waals surface area contributed by atoms with Gasteiger partial charge in [0.25, 0.3) is 0 Å². The number of hydrogen-bond donors (Lipinski definition) is 2. The summed E-state index contributed by atoms with van der Waals surface area (Å²) >= 11 is 1.05. The lowest BCUT2D eigenvalue weighted by Crippen LogP contribution is -2.21. The summed E-state index contributed by atoms with van der Waals surface area (Å²) in [6.45, 7) is 6.09. The fraction of sp³-hybridized carbons (Fsp3) is 0.167. The molecule has 8 nitrogen and oxygen atoms in total. The van der Waals surface area contributed by atoms with E-state index < -0.39 is 11.8 Å². The molecular weight excluding hydrogens is 455 g/mol. The van der Waals surface area contributed by atoms with E-state index in [1.165, 1.54) is 18.3 Å². The van der Waals surface area contributed by atoms with Crippen molar-refractivity contribution in [3.05, 3.63) is 77.3 Å². The number of thiazole rings is 1. The van der Waals surface area contributed by atoms with Gasteiger partial charge in [-0.2, -0.15) is 10.4 Å². The van der Waals surface area contributed by atoms with Gasteiger partial charge in [0.1, 0.15) is 23.5 Å². The normalized spacial score (nSPS) is 11.0. The first kappa shape index (κ1) is 22.9. The number of aromatic nitrogens is 3. The van der Waals surface area contributed by atoms with Gasteiger partial charge in [-0.3, -0.25) is 5.32 Å². The molecule has 0 saturated heterocycles. The molecule has 0 atom stereocenters. The van der Waals surface area contributed by atoms with Gasteiger partial charge in [0, 0.05) is 17.5 Å². The van der Waals surface area contributed by atoms with Gasteiger partial charge in [-0.25, -0.2) is 18.9 Å². The lowest BCUT2D eigenvalue weighted by molar-refractivity contribution is 0.262. The Bertz CT molecular complexity index is 1370. The van der Waals surface area contributed by atoms with Crippen LogP contribution >= 0.6 is 11.3 Å². The van der Waals surface area contributed by atoms with E-state index in [1.54, 1.807) is 10.7 Å². The zero-order valence-corrected chi connectivity index (χ0v) is 19.5. The Morgan fingerprint density at radius 3 is 2.56 bits per heavy atom. The van der Waals surface area contributed by atoms with Crippen molar-refractivity contribution >= 4 is 28.9 Å². The number of halogens is 1. The number of rotatable bonds is 5. The van der Waals surface area contributed by atoms with Gasteiger partial charge in [-0.05, 0) is 24.3 Å². The van der Waals surface area contributed by atoms with E-state index in [0.717, 1.165) is 28.8 Å². The quantitative estimate of drug-likeness (QED) is 0.364. The molecule has 0 aliphatic heterocycles. The second kappa shape index (κ2) is 9.33. The van der Waals surface area contributed by atoms with Gasteiger partial charge in [-0.15, -0.1) is 0 Å². The number of anilines is 2. The third-order valence-electron chi connectivity index (χ3n) is 4.71. The molecule has 2 aromatic heterocycles. The van der Waals surface area contributed by atoms with Crippen LogP contribution in [-0.2, 0) is 5.41 Å². The zero-order chi connectivity index (χ0) is 24.3. The van der Waals surface area contributed by atoms with Gasteiger partial charge in [0.2, 0.25) is 5.06 Å². The van der Waals surface area contributed by atoms with Crippen LogP contribution in [0.15, 0.2) is 60.8 Å². The molecule has 0 spiro atoms. The van der Waals surface area contributed by atoms with Crippen LogP contribution in [0, 0.1) is 17.1 Å². The predicted octanol–water partition coefficient (Wildman–Crippen LogP) is 6.07. The van der Waals surface area contributed by atoms with E-state index >= 15 is 0 Å². The second-order valence-electron chi connectivity index (χ2n) is 8.33. The van der Waals surface area contributed by atoms with Crippen molar-refractivity contribution in [2.24, 2.45) is 0 Å². The summed E-state index contributed by atoms with van der Waals surface area (Å²) in [5, 5.41) is 19.4. The van der Waals surface area contributed by atoms with Crippen molar-refractivity contribution < 1.29 is 13.9 Å². The Morgan fingerprint density at radius 2 is 1.91 bits per heavy atom. The minimum atomic E-state index is -0.676. The highest BCUT2D eigenvalue weighted by atomic mass is 32.1. The SMILES string of the molecule is CC(C)(C)c1cc(NC(=O)Nc2ccc(Oc3cnc(C#N)s3)cc2F)n(-c2ccccc2)n1. The molecule has 0 unspecified atom stereocenters. The Labute approximate surface area is 199 Å². The maximum Gasteiger partial charge on any atom is 0.324 e. The minimum Gasteiger partial charge on any atom is -0.445 e. The predicted molar refractivity (Wildman–Crippen MR) is 128 cm³/mol. The summed E-state index contributed by atoms with van der Waals surface area (Å²) in [5.74, 6) is -0.00864. The summed E-state index contributed by atoms with van der Waals surface area (Å²) in [5.41, 5.74) is 1.32. The maximum atomic E-state index is 14.6. The lowest BCUT2D eigenvalue weighted by Gasteiger charge is -2.14. The molecule has 0 saturated carbocycles. The van der Waals surface area contributed by atoms with Gasteiger partial charge >= 0.3 is 6.03 Å². The van der Waals surface area contributed by atoms with Crippen molar-refractivity contribution in [3.63, 3.8) is 0 Å². The maximum absolute atomic E-state index is 14.6. The number of amides is 2. The number of nitrogens with one attached hydrogen (secondary N) is 2. The molecule has 10 heteroatoms. The van der Waals surface area contributed by atoms with Crippen LogP contribution in [0.25, 0.3) is 5.69 Å². The van der Waals surface area contributed by atoms with E-state index in [-0.39, 0.29) is 21.9 Å². The van der Waals surface area contributed by atoms with Gasteiger partial charge in [0.15, 0.2) is 5.01 Å². The Hall–Kier alpha value is -4.23. The smallest absolute Gasteiger partial charge is 0.324 e. The molecule has 2 N–H and O–H groups in total. The van der Waals surface area contributed by atoms with Crippen LogP contribution in [0.3, 0.4) is 0 Å². The molecule has 4 aromatic rings. The Balaban J connectivity index is 1.50. The van der Waals surface area contributed by atoms with Crippen molar-refractivity contribution in [2.45, 2.75) is 26.2 Å². The van der Waals surface area contributed by atoms with Crippen LogP contribution in [0.2, 0.25) is 0 Å². The van der Waals surface area contributed by atoms with Crippen LogP contribution in [-0.4, -0.2) is 20.8 Å². The van der Waals surface area contributed by atoms with Crippen LogP contribution in [0.5, 0.6) is 10.8 Å². The molecular formula is C24H21FN6O2S. The van der Waals surface area contributed by atoms with Crippen LogP contribution in [0.1, 0.15) is 31.5 Å². The molecule has 2 heterocycles. The van der Waals surface area contributed by atoms with Gasteiger partial charge in [0.05, 0.1) is 23.3 Å². The molecule has 4 rings (SSSR count). The highest BCUT2D eigenvalue weighted by Gasteiger charge is 2.22. The molecule has 0 aliphatic carbocycles. The fourth-order valence-electron chi connectivity index (χ4n) is 3.01. The number of hydrogen-bond acceptors (Lipinski definition) is 6. The van der Waals surface area contributed by atoms with Crippen molar-refractivity contribution in [1.29, 1.82) is 5.26 Å². The van der Waals surface area contributed by atoms with Crippen molar-refractivity contribution in [2.75, 3.05) is 10.6 Å². The number of carbonyl (C=O) groups is 1. The summed E-state index contributed by atoms with van der Waals surface area (Å²) in [4.78, 5) is 16.6. The van der Waals surface area contributed by atoms with E-state index in [9.17, 15) is 9.18 Å². The average Bonchev–Trinajstić information content (AvgIpc) is 3.43. The van der Waals surface area contributed by atoms with E-state index in [4.69, 9.17) is 10.00 Å². The number of para-hydroxylation sites is 1. The number of ether oxygens (including phenoxy) is 1. The highest BCUT2D eigenvalue weighted by molar-refractivity contribution is 7.13. The van der Waals surface area contributed by atoms with Crippen molar-refractivity contribution in [1.82, 2.24) is 14.8 Å². The van der Waals surface area contributed by atoms with E-state index in [1.807, 2.05) is 57.2 Å². The molecule has 0 fully saturated rings. The molecule has 0 radical (unpaired) electrons. The summed E-state index contributed by atoms with van der Waals surface area (Å²) in [6.07, 6.45) is 1.39. The standard InChI is InChI=1S/C24H21FN6O2S/c1-24(2,3)19-12-20(31(30-19)15-7-5-4-6-8-15)29-23(32)28-18-10-9-16(11-17(18)25)33-22-14-27-21(13-26)34-22/h4-12,14H,1-3H3,(H2,28,29,32). The third kappa shape index (κ3) is 5.22. The number of nitrogens with zero attached hydrogens (tertiary/aromatic N) is 4. The topological polar surface area (TPSA) is 105 Å². The average molecular weight is 477 g/mol. The summed E-state index contributed by atoms with van der Waals surface area (Å²) in [7, 11) is 0. The van der Waals surface area contributed by atoms with Crippen LogP contribution in [0.4, 0.5) is 20.7 Å². The largest absolute Gasteiger partial charge is 0.445 e. The van der Waals surface area contributed by atoms with Crippen LogP contribution < -0.4 is 15.4 Å². The number of nitriles is 1. The summed E-state index contributed by atoms with van der Waals surface area (Å²) < 4.78 is 21.8. The minimum absolute atomic E-state index is 0.0197. The Morgan fingerprint density at radius 1 is 1.15 bits per heavy atom. The zero-order valence-electron chi connectivity index (χ0n) is 18.7. The van der Waals surface area contributed by atoms with E-state index in [2.05, 4.69) is 20.7 Å². The first-order valence-corrected chi connectivity index (χ1v) is 11.1. The number of benzene rings is 2. The molecule has 0 bridgehead atoms. The van der Waals surface area contributed by atoms with Gasteiger partial charge < -0.3 is 10.1 Å². The molecule has 0 aliphatic rings. The Kier molecular flexibility index (Phi) is 6.30. The lowest BCUT2D eigenvalue weighted by atomic mass is 9.92. The molecule has 34 heavy (non-hydrogen) atoms. The molecule has 2 amide bonds. The third-order valence-corrected chi connectivity index (χ3v) is 5.49. The summed E-state index contributed by atoms with van der Waals surface area (Å²) in [6, 6.07) is 16.5. The van der Waals surface area contributed by atoms with Gasteiger partial charge in [-0.1, -0.05) is 50.3 Å². The number of urea groups is 1. The second-order valence-corrected chi connectivity index (χ2v) is 9.32. The van der Waals surface area contributed by atoms with E-state index in [0.29, 0.717) is 10.9 Å². The van der Waals surface area contributed by atoms with Crippen molar-refractivity contribution in [3.8, 4) is 22.6 Å². The first-order chi connectivity index (χ1) is 16.2. The number of carbonyl (C=O) groups excluding carboxylic acids is 1. The highest BCUT2D eigenvalue weighted by Crippen LogP contribution is 2.30. The molecule has 2 aromatic carbocycles. The molecule has 172 valence electrons. The fourth-order valence-corrected chi connectivity index (χ4v) is 3.59. The monoisotopic (exact) mass is 476 g/mol. The first-order valence-electron chi connectivity index (χ1n) is 10.3.